The molecule has 0 saturated carbocycles. The Kier molecular flexibility index (Phi) is 6.15. The fourth-order valence-electron chi connectivity index (χ4n) is 2.30. The van der Waals surface area contributed by atoms with Gasteiger partial charge >= 0.3 is 5.97 Å². The minimum atomic E-state index is -0.761. The van der Waals surface area contributed by atoms with Crippen LogP contribution in [0.4, 0.5) is 16.5 Å². The average molecular weight is 413 g/mol. The van der Waals surface area contributed by atoms with Gasteiger partial charge in [-0.3, -0.25) is 14.9 Å². The number of Topliss-reactive ketones (excluding diaryl/α,β-unsaturated/α-hetero) is 1. The van der Waals surface area contributed by atoms with Gasteiger partial charge in [0, 0.05) is 28.8 Å². The van der Waals surface area contributed by atoms with E-state index in [0.717, 1.165) is 11.8 Å². The third-order valence-electron chi connectivity index (χ3n) is 3.77. The zero-order chi connectivity index (χ0) is 20.8. The van der Waals surface area contributed by atoms with Crippen LogP contribution in [-0.4, -0.2) is 35.4 Å². The van der Waals surface area contributed by atoms with Crippen molar-refractivity contribution < 1.29 is 24.0 Å². The number of non-ortho nitro benzene ring substituents is 1. The average Bonchev–Trinajstić information content (AvgIpc) is 3.21. The second-order valence-corrected chi connectivity index (χ2v) is 6.56. The number of carbonyl (C=O) groups excluding carboxylic acids is 2. The molecule has 0 aliphatic heterocycles. The number of nitro benzene ring substituents is 1. The Balaban J connectivity index is 1.57. The van der Waals surface area contributed by atoms with E-state index >= 15 is 0 Å². The number of esters is 1. The first-order valence-electron chi connectivity index (χ1n) is 8.27. The van der Waals surface area contributed by atoms with Crippen LogP contribution >= 0.6 is 11.3 Å². The minimum absolute atomic E-state index is 0.0536. The van der Waals surface area contributed by atoms with Crippen molar-refractivity contribution in [2.45, 2.75) is 0 Å². The second-order valence-electron chi connectivity index (χ2n) is 5.70. The van der Waals surface area contributed by atoms with Gasteiger partial charge in [0.1, 0.15) is 5.75 Å². The lowest BCUT2D eigenvalue weighted by molar-refractivity contribution is -0.384. The molecular weight excluding hydrogens is 398 g/mol. The number of methoxy groups -OCH3 is 1. The Morgan fingerprint density at radius 1 is 1.21 bits per heavy atom. The molecule has 3 rings (SSSR count). The molecule has 0 unspecified atom stereocenters. The number of nitrogens with one attached hydrogen (secondary N) is 1. The molecule has 10 heteroatoms. The van der Waals surface area contributed by atoms with Crippen LogP contribution in [0.5, 0.6) is 5.75 Å². The quantitative estimate of drug-likeness (QED) is 0.256. The van der Waals surface area contributed by atoms with Crippen LogP contribution in [0.25, 0.3) is 0 Å². The van der Waals surface area contributed by atoms with Crippen LogP contribution in [0.1, 0.15) is 20.8 Å². The molecule has 1 heterocycles. The van der Waals surface area contributed by atoms with Gasteiger partial charge < -0.3 is 14.8 Å². The smallest absolute Gasteiger partial charge is 0.358 e. The largest absolute Gasteiger partial charge is 0.497 e. The highest BCUT2D eigenvalue weighted by Gasteiger charge is 2.17. The molecule has 0 aliphatic rings. The van der Waals surface area contributed by atoms with Gasteiger partial charge in [0.15, 0.2) is 17.4 Å². The molecule has 0 fully saturated rings. The summed E-state index contributed by atoms with van der Waals surface area (Å²) in [5.41, 5.74) is 0.696. The van der Waals surface area contributed by atoms with Gasteiger partial charge in [0.05, 0.1) is 12.0 Å². The van der Waals surface area contributed by atoms with E-state index in [0.29, 0.717) is 10.9 Å². The van der Waals surface area contributed by atoms with Gasteiger partial charge in [0.2, 0.25) is 5.78 Å². The zero-order valence-corrected chi connectivity index (χ0v) is 16.0. The van der Waals surface area contributed by atoms with E-state index < -0.39 is 23.3 Å². The summed E-state index contributed by atoms with van der Waals surface area (Å²) >= 11 is 1.20. The summed E-state index contributed by atoms with van der Waals surface area (Å²) in [6.07, 6.45) is 0. The van der Waals surface area contributed by atoms with Crippen LogP contribution in [0, 0.1) is 10.1 Å². The maximum Gasteiger partial charge on any atom is 0.358 e. The molecule has 9 nitrogen and oxygen atoms in total. The maximum atomic E-state index is 12.1. The molecular formula is C19H15N3O6S. The van der Waals surface area contributed by atoms with Crippen molar-refractivity contribution in [3.8, 4) is 5.75 Å². The summed E-state index contributed by atoms with van der Waals surface area (Å²) < 4.78 is 10.1. The fourth-order valence-corrected chi connectivity index (χ4v) is 3.00. The Morgan fingerprint density at radius 2 is 1.97 bits per heavy atom. The molecule has 0 atom stereocenters. The van der Waals surface area contributed by atoms with Gasteiger partial charge in [-0.05, 0) is 24.3 Å². The summed E-state index contributed by atoms with van der Waals surface area (Å²) in [6, 6.07) is 12.4. The van der Waals surface area contributed by atoms with E-state index in [1.54, 1.807) is 31.4 Å². The monoisotopic (exact) mass is 413 g/mol. The fraction of sp³-hybridized carbons (Fsp3) is 0.105. The van der Waals surface area contributed by atoms with Gasteiger partial charge in [-0.2, -0.15) is 0 Å². The van der Waals surface area contributed by atoms with E-state index in [2.05, 4.69) is 10.3 Å². The molecule has 1 aromatic heterocycles. The lowest BCUT2D eigenvalue weighted by Crippen LogP contribution is -2.14. The molecule has 2 aromatic carbocycles. The first-order valence-corrected chi connectivity index (χ1v) is 9.15. The summed E-state index contributed by atoms with van der Waals surface area (Å²) in [5.74, 6) is -0.593. The number of thiazole rings is 1. The highest BCUT2D eigenvalue weighted by molar-refractivity contribution is 7.14. The predicted molar refractivity (Wildman–Crippen MR) is 106 cm³/mol. The topological polar surface area (TPSA) is 121 Å². The van der Waals surface area contributed by atoms with Crippen molar-refractivity contribution in [2.24, 2.45) is 0 Å². The van der Waals surface area contributed by atoms with Crippen LogP contribution in [0.3, 0.4) is 0 Å². The number of anilines is 2. The van der Waals surface area contributed by atoms with Crippen molar-refractivity contribution >= 4 is 39.6 Å². The Hall–Kier alpha value is -3.79. The lowest BCUT2D eigenvalue weighted by atomic mass is 10.1. The minimum Gasteiger partial charge on any atom is -0.497 e. The van der Waals surface area contributed by atoms with E-state index in [1.165, 1.54) is 34.9 Å². The number of hydrogen-bond acceptors (Lipinski definition) is 9. The van der Waals surface area contributed by atoms with Crippen molar-refractivity contribution in [2.75, 3.05) is 19.0 Å². The van der Waals surface area contributed by atoms with Crippen LogP contribution < -0.4 is 10.1 Å². The molecule has 3 aromatic rings. The molecule has 0 spiro atoms. The van der Waals surface area contributed by atoms with Gasteiger partial charge in [-0.25, -0.2) is 9.78 Å². The molecule has 0 amide bonds. The summed E-state index contributed by atoms with van der Waals surface area (Å²) in [5, 5.41) is 15.8. The Bertz CT molecular complexity index is 1050. The molecule has 148 valence electrons. The van der Waals surface area contributed by atoms with Gasteiger partial charge in [-0.1, -0.05) is 12.1 Å². The van der Waals surface area contributed by atoms with Crippen molar-refractivity contribution in [3.05, 3.63) is 75.3 Å². The number of hydrogen-bond donors (Lipinski definition) is 1. The SMILES string of the molecule is COc1ccc(Nc2nc(C(=O)OCC(=O)c3cccc([N+](=O)[O-])c3)cs2)cc1. The Labute approximate surface area is 169 Å². The highest BCUT2D eigenvalue weighted by atomic mass is 32.1. The van der Waals surface area contributed by atoms with E-state index in [4.69, 9.17) is 9.47 Å². The summed E-state index contributed by atoms with van der Waals surface area (Å²) in [6.45, 7) is -0.543. The van der Waals surface area contributed by atoms with Crippen molar-refractivity contribution in [1.29, 1.82) is 0 Å². The number of nitro groups is 1. The summed E-state index contributed by atoms with van der Waals surface area (Å²) in [4.78, 5) is 38.6. The first kappa shape index (κ1) is 20.0. The van der Waals surface area contributed by atoms with Crippen molar-refractivity contribution in [3.63, 3.8) is 0 Å². The van der Waals surface area contributed by atoms with E-state index in [-0.39, 0.29) is 16.9 Å². The molecule has 0 aliphatic carbocycles. The normalized spacial score (nSPS) is 10.2. The maximum absolute atomic E-state index is 12.1. The standard InChI is InChI=1S/C19H15N3O6S/c1-27-15-7-5-13(6-8-15)20-19-21-16(11-29-19)18(24)28-10-17(23)12-3-2-4-14(9-12)22(25)26/h2-9,11H,10H2,1H3,(H,20,21). The number of rotatable bonds is 8. The molecule has 1 N–H and O–H groups in total. The predicted octanol–water partition coefficient (Wildman–Crippen LogP) is 3.84. The van der Waals surface area contributed by atoms with Gasteiger partial charge in [0.25, 0.3) is 5.69 Å². The number of aromatic nitrogens is 1. The number of carbonyl (C=O) groups is 2. The van der Waals surface area contributed by atoms with E-state index in [1.807, 2.05) is 0 Å². The number of benzene rings is 2. The highest BCUT2D eigenvalue weighted by Crippen LogP contribution is 2.23. The third kappa shape index (κ3) is 5.14. The first-order chi connectivity index (χ1) is 14.0. The molecule has 29 heavy (non-hydrogen) atoms. The molecule has 0 saturated heterocycles. The van der Waals surface area contributed by atoms with Crippen LogP contribution in [0.15, 0.2) is 53.9 Å². The van der Waals surface area contributed by atoms with Crippen LogP contribution in [-0.2, 0) is 4.74 Å². The number of nitrogens with zero attached hydrogens (tertiary/aromatic N) is 2. The number of ketones is 1. The Morgan fingerprint density at radius 3 is 2.66 bits per heavy atom. The third-order valence-corrected chi connectivity index (χ3v) is 4.53. The number of ether oxygens (including phenoxy) is 2. The molecule has 0 bridgehead atoms. The second kappa shape index (κ2) is 8.93. The van der Waals surface area contributed by atoms with Crippen LogP contribution in [0.2, 0.25) is 0 Å². The summed E-state index contributed by atoms with van der Waals surface area (Å²) in [7, 11) is 1.57. The van der Waals surface area contributed by atoms with E-state index in [9.17, 15) is 19.7 Å². The van der Waals surface area contributed by atoms with Gasteiger partial charge in [-0.15, -0.1) is 11.3 Å². The molecule has 0 radical (unpaired) electrons. The van der Waals surface area contributed by atoms with Crippen molar-refractivity contribution in [1.82, 2.24) is 4.98 Å². The zero-order valence-electron chi connectivity index (χ0n) is 15.2. The lowest BCUT2D eigenvalue weighted by Gasteiger charge is -2.04.